The first-order valence-electron chi connectivity index (χ1n) is 4.84. The van der Waals surface area contributed by atoms with Gasteiger partial charge in [-0.25, -0.2) is 0 Å². The molecule has 1 aliphatic rings. The van der Waals surface area contributed by atoms with Gasteiger partial charge in [-0.1, -0.05) is 18.5 Å². The maximum atomic E-state index is 10.4. The minimum absolute atomic E-state index is 0.659. The molecule has 1 unspecified atom stereocenters. The predicted molar refractivity (Wildman–Crippen MR) is 60.0 cm³/mol. The minimum atomic E-state index is -0.659. The lowest BCUT2D eigenvalue weighted by Crippen LogP contribution is -2.29. The molecule has 0 spiro atoms. The summed E-state index contributed by atoms with van der Waals surface area (Å²) in [7, 11) is 0. The number of thiophene rings is 1. The molecule has 0 radical (unpaired) electrons. The molecular formula is C10H14ClNOS. The Morgan fingerprint density at radius 3 is 2.93 bits per heavy atom. The highest BCUT2D eigenvalue weighted by molar-refractivity contribution is 7.16. The predicted octanol–water partition coefficient (Wildman–Crippen LogP) is 2.31. The lowest BCUT2D eigenvalue weighted by atomic mass is 10.0. The summed E-state index contributed by atoms with van der Waals surface area (Å²) in [6, 6.07) is 3.79. The third kappa shape index (κ3) is 1.82. The molecule has 0 aliphatic carbocycles. The van der Waals surface area contributed by atoms with Crippen LogP contribution in [0, 0.1) is 0 Å². The van der Waals surface area contributed by atoms with Gasteiger partial charge in [-0.15, -0.1) is 11.3 Å². The van der Waals surface area contributed by atoms with Crippen LogP contribution in [0.2, 0.25) is 4.34 Å². The number of aliphatic hydroxyl groups is 1. The van der Waals surface area contributed by atoms with Crippen LogP contribution in [-0.4, -0.2) is 29.6 Å². The Kier molecular flexibility index (Phi) is 2.84. The second kappa shape index (κ2) is 3.81. The van der Waals surface area contributed by atoms with Crippen molar-refractivity contribution >= 4 is 22.9 Å². The molecule has 1 fully saturated rings. The molecule has 1 aromatic heterocycles. The van der Waals surface area contributed by atoms with Crippen LogP contribution in [0.4, 0.5) is 0 Å². The Labute approximate surface area is 93.1 Å². The Hall–Kier alpha value is -0.0900. The van der Waals surface area contributed by atoms with Crippen LogP contribution in [0.1, 0.15) is 18.2 Å². The van der Waals surface area contributed by atoms with Crippen LogP contribution in [0.15, 0.2) is 12.1 Å². The van der Waals surface area contributed by atoms with Crippen molar-refractivity contribution in [2.75, 3.05) is 19.6 Å². The quantitative estimate of drug-likeness (QED) is 0.845. The van der Waals surface area contributed by atoms with Crippen molar-refractivity contribution < 1.29 is 5.11 Å². The maximum absolute atomic E-state index is 10.4. The highest BCUT2D eigenvalue weighted by atomic mass is 35.5. The van der Waals surface area contributed by atoms with E-state index in [4.69, 9.17) is 11.6 Å². The molecular weight excluding hydrogens is 218 g/mol. The summed E-state index contributed by atoms with van der Waals surface area (Å²) < 4.78 is 0.753. The summed E-state index contributed by atoms with van der Waals surface area (Å²) in [6.45, 7) is 4.83. The monoisotopic (exact) mass is 231 g/mol. The molecule has 2 rings (SSSR count). The first-order valence-corrected chi connectivity index (χ1v) is 6.04. The van der Waals surface area contributed by atoms with E-state index in [1.165, 1.54) is 11.3 Å². The summed E-state index contributed by atoms with van der Waals surface area (Å²) in [5, 5.41) is 10.4. The zero-order valence-corrected chi connectivity index (χ0v) is 9.74. The molecule has 1 aromatic rings. The molecule has 0 aromatic carbocycles. The lowest BCUT2D eigenvalue weighted by Gasteiger charge is -2.21. The fourth-order valence-electron chi connectivity index (χ4n) is 1.91. The number of hydrogen-bond donors (Lipinski definition) is 1. The summed E-state index contributed by atoms with van der Waals surface area (Å²) >= 11 is 7.35. The lowest BCUT2D eigenvalue weighted by molar-refractivity contribution is 0.0504. The Balaban J connectivity index is 2.18. The zero-order valence-electron chi connectivity index (χ0n) is 8.16. The number of likely N-dealkylation sites (N-methyl/N-ethyl adjacent to an activating group) is 1. The van der Waals surface area contributed by atoms with E-state index in [0.29, 0.717) is 0 Å². The third-order valence-electron chi connectivity index (χ3n) is 2.81. The SMILES string of the molecule is CCN1CCC(O)(c2ccc(Cl)s2)C1. The molecule has 1 N–H and O–H groups in total. The standard InChI is InChI=1S/C10H14ClNOS/c1-2-12-6-5-10(13,7-12)8-3-4-9(11)14-8/h3-4,13H,2,5-7H2,1H3. The van der Waals surface area contributed by atoms with Crippen molar-refractivity contribution in [3.63, 3.8) is 0 Å². The van der Waals surface area contributed by atoms with Crippen molar-refractivity contribution in [1.82, 2.24) is 4.90 Å². The van der Waals surface area contributed by atoms with Gasteiger partial charge < -0.3 is 10.0 Å². The third-order valence-corrected chi connectivity index (χ3v) is 4.23. The van der Waals surface area contributed by atoms with E-state index < -0.39 is 5.60 Å². The summed E-state index contributed by atoms with van der Waals surface area (Å²) in [6.07, 6.45) is 0.817. The summed E-state index contributed by atoms with van der Waals surface area (Å²) in [4.78, 5) is 3.26. The highest BCUT2D eigenvalue weighted by Gasteiger charge is 2.37. The normalized spacial score (nSPS) is 28.5. The topological polar surface area (TPSA) is 23.5 Å². The average molecular weight is 232 g/mol. The van der Waals surface area contributed by atoms with Gasteiger partial charge in [-0.3, -0.25) is 0 Å². The fourth-order valence-corrected chi connectivity index (χ4v) is 3.06. The number of β-amino-alcohol motifs (C(OH)–C–C–N with tert-alkyl or cyclic N) is 1. The zero-order chi connectivity index (χ0) is 10.2. The van der Waals surface area contributed by atoms with Crippen LogP contribution in [0.25, 0.3) is 0 Å². The van der Waals surface area contributed by atoms with Crippen LogP contribution in [0.3, 0.4) is 0 Å². The molecule has 4 heteroatoms. The van der Waals surface area contributed by atoms with Gasteiger partial charge in [0.15, 0.2) is 0 Å². The molecule has 78 valence electrons. The minimum Gasteiger partial charge on any atom is -0.383 e. The Morgan fingerprint density at radius 2 is 2.43 bits per heavy atom. The Bertz CT molecular complexity index is 328. The van der Waals surface area contributed by atoms with Crippen molar-refractivity contribution in [3.8, 4) is 0 Å². The van der Waals surface area contributed by atoms with Crippen LogP contribution >= 0.6 is 22.9 Å². The van der Waals surface area contributed by atoms with Gasteiger partial charge in [0, 0.05) is 18.0 Å². The average Bonchev–Trinajstić information content (AvgIpc) is 2.73. The molecule has 2 nitrogen and oxygen atoms in total. The van der Waals surface area contributed by atoms with E-state index in [-0.39, 0.29) is 0 Å². The summed E-state index contributed by atoms with van der Waals surface area (Å²) in [5.41, 5.74) is -0.659. The molecule has 2 heterocycles. The first-order chi connectivity index (χ1) is 6.64. The van der Waals surface area contributed by atoms with Crippen molar-refractivity contribution in [2.24, 2.45) is 0 Å². The largest absolute Gasteiger partial charge is 0.383 e. The second-order valence-corrected chi connectivity index (χ2v) is 5.47. The number of halogens is 1. The van der Waals surface area contributed by atoms with E-state index >= 15 is 0 Å². The number of nitrogens with zero attached hydrogens (tertiary/aromatic N) is 1. The van der Waals surface area contributed by atoms with E-state index in [0.717, 1.165) is 35.3 Å². The van der Waals surface area contributed by atoms with Gasteiger partial charge in [0.25, 0.3) is 0 Å². The van der Waals surface area contributed by atoms with Crippen LogP contribution in [0.5, 0.6) is 0 Å². The van der Waals surface area contributed by atoms with Crippen molar-refractivity contribution in [3.05, 3.63) is 21.3 Å². The molecule has 0 amide bonds. The number of likely N-dealkylation sites (tertiary alicyclic amines) is 1. The van der Waals surface area contributed by atoms with Crippen molar-refractivity contribution in [1.29, 1.82) is 0 Å². The van der Waals surface area contributed by atoms with Gasteiger partial charge in [-0.05, 0) is 25.1 Å². The van der Waals surface area contributed by atoms with Crippen molar-refractivity contribution in [2.45, 2.75) is 18.9 Å². The van der Waals surface area contributed by atoms with Gasteiger partial charge in [0.05, 0.1) is 4.34 Å². The molecule has 14 heavy (non-hydrogen) atoms. The van der Waals surface area contributed by atoms with Crippen LogP contribution < -0.4 is 0 Å². The molecule has 0 saturated carbocycles. The second-order valence-electron chi connectivity index (χ2n) is 3.75. The first kappa shape index (κ1) is 10.4. The summed E-state index contributed by atoms with van der Waals surface area (Å²) in [5.74, 6) is 0. The van der Waals surface area contributed by atoms with E-state index in [1.54, 1.807) is 0 Å². The van der Waals surface area contributed by atoms with Gasteiger partial charge >= 0.3 is 0 Å². The fraction of sp³-hybridized carbons (Fsp3) is 0.600. The van der Waals surface area contributed by atoms with Gasteiger partial charge in [0.1, 0.15) is 5.60 Å². The van der Waals surface area contributed by atoms with Gasteiger partial charge in [0.2, 0.25) is 0 Å². The maximum Gasteiger partial charge on any atom is 0.113 e. The Morgan fingerprint density at radius 1 is 1.64 bits per heavy atom. The van der Waals surface area contributed by atoms with E-state index in [2.05, 4.69) is 11.8 Å². The number of hydrogen-bond acceptors (Lipinski definition) is 3. The molecule has 1 aliphatic heterocycles. The van der Waals surface area contributed by atoms with Crippen LogP contribution in [-0.2, 0) is 5.60 Å². The molecule has 1 atom stereocenters. The van der Waals surface area contributed by atoms with Gasteiger partial charge in [-0.2, -0.15) is 0 Å². The highest BCUT2D eigenvalue weighted by Crippen LogP contribution is 2.37. The number of rotatable bonds is 2. The smallest absolute Gasteiger partial charge is 0.113 e. The molecule has 0 bridgehead atoms. The van der Waals surface area contributed by atoms with E-state index in [1.807, 2.05) is 12.1 Å². The molecule has 1 saturated heterocycles. The van der Waals surface area contributed by atoms with E-state index in [9.17, 15) is 5.11 Å².